The van der Waals surface area contributed by atoms with Crippen LogP contribution in [0.4, 0.5) is 10.1 Å². The van der Waals surface area contributed by atoms with Crippen LogP contribution in [0.15, 0.2) is 11.4 Å². The molecule has 0 saturated carbocycles. The van der Waals surface area contributed by atoms with Crippen LogP contribution in [0, 0.1) is 0 Å². The van der Waals surface area contributed by atoms with Gasteiger partial charge in [0.2, 0.25) is 0 Å². The van der Waals surface area contributed by atoms with Gasteiger partial charge < -0.3 is 10.6 Å². The van der Waals surface area contributed by atoms with Gasteiger partial charge in [-0.1, -0.05) is 70.9 Å². The average Bonchev–Trinajstić information content (AvgIpc) is 3.35. The molecule has 7 heteroatoms. The summed E-state index contributed by atoms with van der Waals surface area (Å²) < 4.78 is 0. The summed E-state index contributed by atoms with van der Waals surface area (Å²) in [5.74, 6) is 0. The fourth-order valence-corrected chi connectivity index (χ4v) is 5.44. The van der Waals surface area contributed by atoms with Crippen molar-refractivity contribution >= 4 is 44.4 Å². The highest BCUT2D eigenvalue weighted by Crippen LogP contribution is 2.41. The van der Waals surface area contributed by atoms with E-state index in [1.807, 2.05) is 39.1 Å². The molecule has 1 unspecified atom stereocenters. The number of rotatable bonds is 6. The maximum absolute atomic E-state index is 6.09. The third-order valence-corrected chi connectivity index (χ3v) is 6.87. The number of hydrogen-bond donors (Lipinski definition) is 1. The van der Waals surface area contributed by atoms with Crippen LogP contribution in [-0.2, 0) is 0 Å². The van der Waals surface area contributed by atoms with Gasteiger partial charge in [-0.2, -0.15) is 0 Å². The summed E-state index contributed by atoms with van der Waals surface area (Å²) >= 11 is 9.31. The number of nitrogen functional groups attached to an aromatic ring is 1. The van der Waals surface area contributed by atoms with Gasteiger partial charge in [0.1, 0.15) is 10.7 Å². The molecule has 1 aliphatic heterocycles. The van der Waals surface area contributed by atoms with Gasteiger partial charge in [0.25, 0.3) is 0 Å². The van der Waals surface area contributed by atoms with Gasteiger partial charge in [-0.05, 0) is 18.9 Å². The van der Waals surface area contributed by atoms with Crippen LogP contribution in [-0.4, -0.2) is 42.1 Å². The minimum atomic E-state index is 0.629. The molecule has 3 heterocycles. The van der Waals surface area contributed by atoms with E-state index in [1.54, 1.807) is 22.7 Å². The molecule has 160 valence electrons. The lowest BCUT2D eigenvalue weighted by Gasteiger charge is -2.39. The molecule has 2 aromatic rings. The molecule has 0 aromatic carbocycles. The van der Waals surface area contributed by atoms with Crippen molar-refractivity contribution in [2.24, 2.45) is 0 Å². The molecule has 0 amide bonds. The fourth-order valence-electron chi connectivity index (χ4n) is 3.41. The molecule has 3 rings (SSSR count). The average molecular weight is 445 g/mol. The van der Waals surface area contributed by atoms with Gasteiger partial charge >= 0.3 is 0 Å². The number of anilines is 2. The van der Waals surface area contributed by atoms with E-state index in [9.17, 15) is 0 Å². The fraction of sp³-hybridized carbons (Fsp3) is 0.667. The van der Waals surface area contributed by atoms with E-state index in [-0.39, 0.29) is 0 Å². The van der Waals surface area contributed by atoms with Crippen LogP contribution in [0.1, 0.15) is 60.8 Å². The lowest BCUT2D eigenvalue weighted by Crippen LogP contribution is -2.50. The summed E-state index contributed by atoms with van der Waals surface area (Å²) in [5.41, 5.74) is 7.00. The van der Waals surface area contributed by atoms with E-state index in [4.69, 9.17) is 17.3 Å². The van der Waals surface area contributed by atoms with Crippen molar-refractivity contribution in [1.82, 2.24) is 9.88 Å². The first-order chi connectivity index (χ1) is 13.6. The Morgan fingerprint density at radius 1 is 1.14 bits per heavy atom. The van der Waals surface area contributed by atoms with Crippen molar-refractivity contribution in [2.45, 2.75) is 66.8 Å². The summed E-state index contributed by atoms with van der Waals surface area (Å²) in [7, 11) is 0. The van der Waals surface area contributed by atoms with E-state index in [0.29, 0.717) is 5.13 Å². The standard InChI is InChI=1S/C17H25ClN4S2.2C2H6/c1-3-5-13(4-2)21-6-8-22(9-7-21)16-15(20-17(19)24-16)14-10-12(18)11-23-14;2*1-2/h10-11,13H,3-9H2,1-2H3,(H2,19,20);2*1-2H3. The van der Waals surface area contributed by atoms with Crippen LogP contribution in [0.3, 0.4) is 0 Å². The minimum Gasteiger partial charge on any atom is -0.375 e. The molecule has 4 nitrogen and oxygen atoms in total. The summed E-state index contributed by atoms with van der Waals surface area (Å²) in [6.07, 6.45) is 3.79. The largest absolute Gasteiger partial charge is 0.375 e. The molecular weight excluding hydrogens is 408 g/mol. The van der Waals surface area contributed by atoms with Crippen molar-refractivity contribution in [1.29, 1.82) is 0 Å². The molecular formula is C21H37ClN4S2. The lowest BCUT2D eigenvalue weighted by molar-refractivity contribution is 0.171. The molecule has 1 saturated heterocycles. The van der Waals surface area contributed by atoms with Gasteiger partial charge in [0, 0.05) is 37.6 Å². The van der Waals surface area contributed by atoms with E-state index in [0.717, 1.165) is 47.8 Å². The smallest absolute Gasteiger partial charge is 0.182 e. The van der Waals surface area contributed by atoms with E-state index in [2.05, 4.69) is 28.6 Å². The molecule has 1 fully saturated rings. The van der Waals surface area contributed by atoms with Crippen LogP contribution in [0.2, 0.25) is 5.02 Å². The maximum atomic E-state index is 6.09. The number of thiophene rings is 1. The van der Waals surface area contributed by atoms with Crippen LogP contribution in [0.5, 0.6) is 0 Å². The third kappa shape index (κ3) is 6.61. The molecule has 1 aliphatic rings. The van der Waals surface area contributed by atoms with E-state index < -0.39 is 0 Å². The monoisotopic (exact) mass is 444 g/mol. The second-order valence-electron chi connectivity index (χ2n) is 6.21. The van der Waals surface area contributed by atoms with Crippen molar-refractivity contribution < 1.29 is 0 Å². The summed E-state index contributed by atoms with van der Waals surface area (Å²) in [4.78, 5) is 10.7. The zero-order valence-corrected chi connectivity index (χ0v) is 20.7. The quantitative estimate of drug-likeness (QED) is 0.528. The summed E-state index contributed by atoms with van der Waals surface area (Å²) in [6, 6.07) is 2.70. The predicted octanol–water partition coefficient (Wildman–Crippen LogP) is 6.86. The van der Waals surface area contributed by atoms with Gasteiger partial charge in [-0.25, -0.2) is 4.98 Å². The second-order valence-corrected chi connectivity index (χ2v) is 8.57. The SMILES string of the molecule is CC.CC.CCCC(CC)N1CCN(c2sc(N)nc2-c2cc(Cl)cs2)CC1. The minimum absolute atomic E-state index is 0.629. The van der Waals surface area contributed by atoms with Crippen molar-refractivity contribution in [3.05, 3.63) is 16.5 Å². The van der Waals surface area contributed by atoms with Gasteiger partial charge in [0.05, 0.1) is 9.90 Å². The van der Waals surface area contributed by atoms with Gasteiger partial charge in [-0.15, -0.1) is 11.3 Å². The third-order valence-electron chi connectivity index (χ3n) is 4.64. The first-order valence-corrected chi connectivity index (χ1v) is 12.7. The number of nitrogens with zero attached hydrogens (tertiary/aromatic N) is 3. The molecule has 0 aliphatic carbocycles. The molecule has 0 radical (unpaired) electrons. The molecule has 0 spiro atoms. The molecule has 2 N–H and O–H groups in total. The predicted molar refractivity (Wildman–Crippen MR) is 130 cm³/mol. The Labute approximate surface area is 184 Å². The molecule has 28 heavy (non-hydrogen) atoms. The van der Waals surface area contributed by atoms with Crippen LogP contribution in [0.25, 0.3) is 10.6 Å². The van der Waals surface area contributed by atoms with Gasteiger partial charge in [0.15, 0.2) is 5.13 Å². The Morgan fingerprint density at radius 3 is 2.29 bits per heavy atom. The van der Waals surface area contributed by atoms with Crippen LogP contribution < -0.4 is 10.6 Å². The Morgan fingerprint density at radius 2 is 1.79 bits per heavy atom. The second kappa shape index (κ2) is 13.4. The topological polar surface area (TPSA) is 45.4 Å². The normalized spacial score (nSPS) is 15.3. The first-order valence-electron chi connectivity index (χ1n) is 10.6. The highest BCUT2D eigenvalue weighted by molar-refractivity contribution is 7.20. The van der Waals surface area contributed by atoms with Crippen molar-refractivity contribution in [2.75, 3.05) is 36.8 Å². The maximum Gasteiger partial charge on any atom is 0.182 e. The Hall–Kier alpha value is -0.820. The van der Waals surface area contributed by atoms with Crippen LogP contribution >= 0.6 is 34.3 Å². The lowest BCUT2D eigenvalue weighted by atomic mass is 10.1. The Kier molecular flexibility index (Phi) is 12.1. The summed E-state index contributed by atoms with van der Waals surface area (Å²) in [6.45, 7) is 16.9. The number of nitrogens with two attached hydrogens (primary N) is 1. The zero-order valence-electron chi connectivity index (χ0n) is 18.3. The van der Waals surface area contributed by atoms with Crippen molar-refractivity contribution in [3.63, 3.8) is 0 Å². The molecule has 0 bridgehead atoms. The Balaban J connectivity index is 0.000000921. The summed E-state index contributed by atoms with van der Waals surface area (Å²) in [5, 5.41) is 4.53. The number of aromatic nitrogens is 1. The molecule has 2 aromatic heterocycles. The number of halogens is 1. The van der Waals surface area contributed by atoms with Gasteiger partial charge in [-0.3, -0.25) is 4.90 Å². The first kappa shape index (κ1) is 25.2. The Bertz CT molecular complexity index is 663. The van der Waals surface area contributed by atoms with E-state index in [1.165, 1.54) is 24.3 Å². The molecule has 1 atom stereocenters. The number of piperazine rings is 1. The highest BCUT2D eigenvalue weighted by atomic mass is 35.5. The van der Waals surface area contributed by atoms with E-state index >= 15 is 0 Å². The van der Waals surface area contributed by atoms with Crippen molar-refractivity contribution in [3.8, 4) is 10.6 Å². The zero-order chi connectivity index (χ0) is 21.1. The number of thiazole rings is 1. The number of hydrogen-bond acceptors (Lipinski definition) is 6. The highest BCUT2D eigenvalue weighted by Gasteiger charge is 2.26.